The van der Waals surface area contributed by atoms with Crippen molar-refractivity contribution in [3.05, 3.63) is 50.6 Å². The van der Waals surface area contributed by atoms with Crippen molar-refractivity contribution in [2.45, 2.75) is 25.2 Å². The Morgan fingerprint density at radius 3 is 2.84 bits per heavy atom. The fourth-order valence-corrected chi connectivity index (χ4v) is 4.20. The highest BCUT2D eigenvalue weighted by molar-refractivity contribution is 9.11. The van der Waals surface area contributed by atoms with Crippen molar-refractivity contribution in [3.8, 4) is 0 Å². The summed E-state index contributed by atoms with van der Waals surface area (Å²) < 4.78 is 1.08. The Morgan fingerprint density at radius 1 is 1.26 bits per heavy atom. The monoisotopic (exact) mass is 335 g/mol. The second kappa shape index (κ2) is 5.47. The van der Waals surface area contributed by atoms with E-state index in [-0.39, 0.29) is 5.91 Å². The third-order valence-electron chi connectivity index (χ3n) is 3.48. The first-order valence-electron chi connectivity index (χ1n) is 6.35. The molecule has 2 aromatic rings. The van der Waals surface area contributed by atoms with E-state index >= 15 is 0 Å². The van der Waals surface area contributed by atoms with Crippen LogP contribution in [-0.4, -0.2) is 5.91 Å². The Bertz CT molecular complexity index is 593. The van der Waals surface area contributed by atoms with Gasteiger partial charge in [0.05, 0.1) is 9.47 Å². The van der Waals surface area contributed by atoms with Crippen LogP contribution in [0.2, 0.25) is 0 Å². The Hall–Kier alpha value is -1.13. The van der Waals surface area contributed by atoms with Gasteiger partial charge < -0.3 is 5.32 Å². The topological polar surface area (TPSA) is 29.1 Å². The van der Waals surface area contributed by atoms with E-state index in [4.69, 9.17) is 0 Å². The summed E-state index contributed by atoms with van der Waals surface area (Å²) in [6.07, 6.45) is 2.61. The number of fused-ring (bicyclic) bond motifs is 1. The van der Waals surface area contributed by atoms with Crippen molar-refractivity contribution in [3.63, 3.8) is 0 Å². The van der Waals surface area contributed by atoms with Gasteiger partial charge in [0.2, 0.25) is 5.91 Å². The summed E-state index contributed by atoms with van der Waals surface area (Å²) in [5, 5.41) is 3.02. The highest BCUT2D eigenvalue weighted by Crippen LogP contribution is 2.36. The molecular weight excluding hydrogens is 322 g/mol. The molecule has 1 atom stereocenters. The summed E-state index contributed by atoms with van der Waals surface area (Å²) in [7, 11) is 0. The van der Waals surface area contributed by atoms with Crippen LogP contribution in [-0.2, 0) is 11.2 Å². The number of thiophene rings is 1. The van der Waals surface area contributed by atoms with E-state index in [1.807, 2.05) is 24.3 Å². The number of carbonyl (C=O) groups excluding carboxylic acids is 1. The number of benzene rings is 1. The Kier molecular flexibility index (Phi) is 3.71. The predicted octanol–water partition coefficient (Wildman–Crippen LogP) is 4.57. The zero-order chi connectivity index (χ0) is 13.2. The van der Waals surface area contributed by atoms with E-state index in [1.165, 1.54) is 10.4 Å². The fourth-order valence-electron chi connectivity index (χ4n) is 2.53. The molecule has 4 heteroatoms. The molecule has 1 aromatic carbocycles. The number of aryl methyl sites for hydroxylation is 1. The molecule has 1 aliphatic rings. The maximum atomic E-state index is 12.1. The van der Waals surface area contributed by atoms with E-state index in [0.29, 0.717) is 12.3 Å². The molecule has 1 N–H and O–H groups in total. The minimum absolute atomic E-state index is 0.111. The Balaban J connectivity index is 1.87. The molecule has 3 rings (SSSR count). The van der Waals surface area contributed by atoms with Gasteiger partial charge in [-0.3, -0.25) is 4.79 Å². The summed E-state index contributed by atoms with van der Waals surface area (Å²) in [5.41, 5.74) is 2.24. The lowest BCUT2D eigenvalue weighted by Gasteiger charge is -2.20. The van der Waals surface area contributed by atoms with E-state index < -0.39 is 0 Å². The smallest absolute Gasteiger partial charge is 0.225 e. The van der Waals surface area contributed by atoms with Gasteiger partial charge >= 0.3 is 0 Å². The molecule has 98 valence electrons. The first kappa shape index (κ1) is 12.9. The van der Waals surface area contributed by atoms with Gasteiger partial charge in [-0.1, -0.05) is 30.3 Å². The molecule has 1 aliphatic heterocycles. The molecule has 2 heterocycles. The predicted molar refractivity (Wildman–Crippen MR) is 82.8 cm³/mol. The highest BCUT2D eigenvalue weighted by Gasteiger charge is 2.21. The van der Waals surface area contributed by atoms with E-state index in [0.717, 1.165) is 22.3 Å². The molecule has 0 bridgehead atoms. The maximum absolute atomic E-state index is 12.1. The number of amides is 1. The lowest BCUT2D eigenvalue weighted by molar-refractivity contribution is -0.116. The van der Waals surface area contributed by atoms with Gasteiger partial charge in [-0.2, -0.15) is 0 Å². The number of carbonyl (C=O) groups is 1. The van der Waals surface area contributed by atoms with Crippen LogP contribution in [0.5, 0.6) is 0 Å². The molecule has 2 nitrogen and oxygen atoms in total. The van der Waals surface area contributed by atoms with Crippen molar-refractivity contribution in [2.24, 2.45) is 0 Å². The van der Waals surface area contributed by atoms with Crippen molar-refractivity contribution >= 4 is 38.9 Å². The largest absolute Gasteiger partial charge is 0.325 e. The van der Waals surface area contributed by atoms with Crippen LogP contribution in [0.1, 0.15) is 29.2 Å². The maximum Gasteiger partial charge on any atom is 0.225 e. The van der Waals surface area contributed by atoms with Crippen LogP contribution in [0.25, 0.3) is 0 Å². The molecule has 0 saturated heterocycles. The van der Waals surface area contributed by atoms with Crippen LogP contribution in [0.3, 0.4) is 0 Å². The first-order valence-corrected chi connectivity index (χ1v) is 7.96. The number of hydrogen-bond donors (Lipinski definition) is 1. The van der Waals surface area contributed by atoms with Crippen LogP contribution in [0.15, 0.2) is 40.2 Å². The summed E-state index contributed by atoms with van der Waals surface area (Å²) in [6.45, 7) is 0. The third kappa shape index (κ3) is 2.90. The zero-order valence-electron chi connectivity index (χ0n) is 10.4. The summed E-state index contributed by atoms with van der Waals surface area (Å²) in [6, 6.07) is 12.3. The van der Waals surface area contributed by atoms with Crippen molar-refractivity contribution < 1.29 is 4.79 Å². The average molecular weight is 336 g/mol. The van der Waals surface area contributed by atoms with Crippen molar-refractivity contribution in [1.29, 1.82) is 0 Å². The molecule has 0 fully saturated rings. The second-order valence-corrected chi connectivity index (χ2v) is 7.30. The molecule has 1 aromatic heterocycles. The number of halogens is 1. The molecule has 0 saturated carbocycles. The van der Waals surface area contributed by atoms with Gasteiger partial charge in [0.25, 0.3) is 0 Å². The molecule has 0 radical (unpaired) electrons. The highest BCUT2D eigenvalue weighted by atomic mass is 79.9. The summed E-state index contributed by atoms with van der Waals surface area (Å²) >= 11 is 5.20. The first-order chi connectivity index (χ1) is 9.22. The van der Waals surface area contributed by atoms with Crippen molar-refractivity contribution in [1.82, 2.24) is 0 Å². The minimum atomic E-state index is 0.111. The van der Waals surface area contributed by atoms with Gasteiger partial charge in [-0.05, 0) is 46.3 Å². The standard InChI is InChI=1S/C15H14BrNOS/c16-14-9-12-13(19-14)7-6-11(8-15(18)17-12)10-4-2-1-3-5-10/h1-5,9,11H,6-8H2,(H,17,18)/t11-/m1/s1. The zero-order valence-corrected chi connectivity index (χ0v) is 12.8. The van der Waals surface area contributed by atoms with Gasteiger partial charge in [-0.25, -0.2) is 0 Å². The number of anilines is 1. The normalized spacial score (nSPS) is 19.2. The van der Waals surface area contributed by atoms with Crippen LogP contribution in [0.4, 0.5) is 5.69 Å². The van der Waals surface area contributed by atoms with Gasteiger partial charge in [0, 0.05) is 11.3 Å². The number of hydrogen-bond acceptors (Lipinski definition) is 2. The summed E-state index contributed by atoms with van der Waals surface area (Å²) in [5.74, 6) is 0.426. The Labute approximate surface area is 125 Å². The molecule has 0 aliphatic carbocycles. The molecular formula is C15H14BrNOS. The lowest BCUT2D eigenvalue weighted by atomic mass is 9.89. The van der Waals surface area contributed by atoms with Crippen LogP contribution >= 0.6 is 27.3 Å². The van der Waals surface area contributed by atoms with Gasteiger partial charge in [0.15, 0.2) is 0 Å². The molecule has 1 amide bonds. The van der Waals surface area contributed by atoms with Crippen LogP contribution in [0, 0.1) is 0 Å². The SMILES string of the molecule is O=C1C[C@H](c2ccccc2)CCc2sc(Br)cc2N1. The minimum Gasteiger partial charge on any atom is -0.325 e. The van der Waals surface area contributed by atoms with Crippen molar-refractivity contribution in [2.75, 3.05) is 5.32 Å². The quantitative estimate of drug-likeness (QED) is 0.812. The van der Waals surface area contributed by atoms with Crippen LogP contribution < -0.4 is 5.32 Å². The van der Waals surface area contributed by atoms with E-state index in [1.54, 1.807) is 11.3 Å². The Morgan fingerprint density at radius 2 is 2.05 bits per heavy atom. The van der Waals surface area contributed by atoms with E-state index in [2.05, 4.69) is 33.4 Å². The lowest BCUT2D eigenvalue weighted by Crippen LogP contribution is -2.18. The third-order valence-corrected chi connectivity index (χ3v) is 5.17. The number of rotatable bonds is 1. The molecule has 19 heavy (non-hydrogen) atoms. The molecule has 0 spiro atoms. The van der Waals surface area contributed by atoms with Gasteiger partial charge in [0.1, 0.15) is 0 Å². The second-order valence-electron chi connectivity index (χ2n) is 4.79. The number of nitrogens with one attached hydrogen (secondary N) is 1. The summed E-state index contributed by atoms with van der Waals surface area (Å²) in [4.78, 5) is 13.3. The fraction of sp³-hybridized carbons (Fsp3) is 0.267. The van der Waals surface area contributed by atoms with E-state index in [9.17, 15) is 4.79 Å². The van der Waals surface area contributed by atoms with Gasteiger partial charge in [-0.15, -0.1) is 11.3 Å². The molecule has 0 unspecified atom stereocenters. The average Bonchev–Trinajstić information content (AvgIpc) is 2.73.